The SMILES string of the molecule is CCCCN(C)c1c(Cl)cc([N+](=O)[O-])cc1C(=O)O. The largest absolute Gasteiger partial charge is 0.478 e. The van der Waals surface area contributed by atoms with Crippen molar-refractivity contribution in [2.24, 2.45) is 0 Å². The van der Waals surface area contributed by atoms with Gasteiger partial charge in [0.2, 0.25) is 0 Å². The number of nitro benzene ring substituents is 1. The van der Waals surface area contributed by atoms with E-state index in [1.807, 2.05) is 6.92 Å². The van der Waals surface area contributed by atoms with E-state index in [0.717, 1.165) is 18.9 Å². The number of aromatic carboxylic acids is 1. The predicted octanol–water partition coefficient (Wildman–Crippen LogP) is 3.18. The van der Waals surface area contributed by atoms with E-state index in [9.17, 15) is 14.9 Å². The Balaban J connectivity index is 3.29. The van der Waals surface area contributed by atoms with E-state index < -0.39 is 10.9 Å². The van der Waals surface area contributed by atoms with Gasteiger partial charge in [-0.2, -0.15) is 0 Å². The zero-order valence-electron chi connectivity index (χ0n) is 10.7. The van der Waals surface area contributed by atoms with Crippen molar-refractivity contribution in [2.75, 3.05) is 18.5 Å². The van der Waals surface area contributed by atoms with Gasteiger partial charge < -0.3 is 10.0 Å². The summed E-state index contributed by atoms with van der Waals surface area (Å²) in [5.74, 6) is -1.23. The molecule has 0 aliphatic carbocycles. The molecule has 0 bridgehead atoms. The van der Waals surface area contributed by atoms with E-state index in [-0.39, 0.29) is 16.3 Å². The zero-order chi connectivity index (χ0) is 14.6. The molecule has 0 aliphatic rings. The summed E-state index contributed by atoms with van der Waals surface area (Å²) in [6.07, 6.45) is 1.83. The Hall–Kier alpha value is -1.82. The number of rotatable bonds is 6. The van der Waals surface area contributed by atoms with E-state index in [1.165, 1.54) is 6.07 Å². The average molecular weight is 287 g/mol. The fourth-order valence-electron chi connectivity index (χ4n) is 1.75. The Bertz CT molecular complexity index is 505. The maximum Gasteiger partial charge on any atom is 0.338 e. The highest BCUT2D eigenvalue weighted by molar-refractivity contribution is 6.34. The Morgan fingerprint density at radius 3 is 2.63 bits per heavy atom. The number of non-ortho nitro benzene ring substituents is 1. The lowest BCUT2D eigenvalue weighted by Gasteiger charge is -2.22. The molecule has 0 aromatic heterocycles. The van der Waals surface area contributed by atoms with Gasteiger partial charge in [0.15, 0.2) is 0 Å². The molecule has 1 rings (SSSR count). The van der Waals surface area contributed by atoms with Gasteiger partial charge in [-0.25, -0.2) is 4.79 Å². The minimum Gasteiger partial charge on any atom is -0.478 e. The van der Waals surface area contributed by atoms with Crippen LogP contribution in [0.4, 0.5) is 11.4 Å². The van der Waals surface area contributed by atoms with Crippen LogP contribution in [0.5, 0.6) is 0 Å². The maximum absolute atomic E-state index is 11.2. The summed E-state index contributed by atoms with van der Waals surface area (Å²) in [5, 5.41) is 20.0. The van der Waals surface area contributed by atoms with Crippen LogP contribution >= 0.6 is 11.6 Å². The summed E-state index contributed by atoms with van der Waals surface area (Å²) in [4.78, 5) is 23.0. The second-order valence-corrected chi connectivity index (χ2v) is 4.57. The molecule has 0 fully saturated rings. The molecule has 7 heteroatoms. The first-order valence-electron chi connectivity index (χ1n) is 5.80. The number of hydrogen-bond acceptors (Lipinski definition) is 4. The Labute approximate surface area is 115 Å². The van der Waals surface area contributed by atoms with Crippen LogP contribution in [0.2, 0.25) is 5.02 Å². The van der Waals surface area contributed by atoms with E-state index in [4.69, 9.17) is 16.7 Å². The number of hydrogen-bond donors (Lipinski definition) is 1. The van der Waals surface area contributed by atoms with E-state index in [1.54, 1.807) is 11.9 Å². The molecule has 0 atom stereocenters. The molecule has 0 radical (unpaired) electrons. The highest BCUT2D eigenvalue weighted by atomic mass is 35.5. The van der Waals surface area contributed by atoms with Crippen molar-refractivity contribution in [3.63, 3.8) is 0 Å². The summed E-state index contributed by atoms with van der Waals surface area (Å²) in [6.45, 7) is 2.65. The lowest BCUT2D eigenvalue weighted by atomic mass is 10.1. The molecule has 104 valence electrons. The molecular weight excluding hydrogens is 272 g/mol. The molecule has 0 aliphatic heterocycles. The summed E-state index contributed by atoms with van der Waals surface area (Å²) in [7, 11) is 1.72. The quantitative estimate of drug-likeness (QED) is 0.641. The molecule has 6 nitrogen and oxygen atoms in total. The lowest BCUT2D eigenvalue weighted by molar-refractivity contribution is -0.384. The van der Waals surface area contributed by atoms with Crippen LogP contribution in [-0.4, -0.2) is 29.6 Å². The van der Waals surface area contributed by atoms with Crippen molar-refractivity contribution < 1.29 is 14.8 Å². The van der Waals surface area contributed by atoms with Gasteiger partial charge in [0.25, 0.3) is 5.69 Å². The average Bonchev–Trinajstić information content (AvgIpc) is 2.34. The molecule has 1 N–H and O–H groups in total. The first-order valence-corrected chi connectivity index (χ1v) is 6.18. The topological polar surface area (TPSA) is 83.7 Å². The number of carboxylic acid groups (broad SMARTS) is 1. The first kappa shape index (κ1) is 15.2. The Morgan fingerprint density at radius 1 is 1.53 bits per heavy atom. The van der Waals surface area contributed by atoms with E-state index >= 15 is 0 Å². The van der Waals surface area contributed by atoms with Crippen molar-refractivity contribution in [3.05, 3.63) is 32.8 Å². The van der Waals surface area contributed by atoms with Crippen LogP contribution in [0.3, 0.4) is 0 Å². The fraction of sp³-hybridized carbons (Fsp3) is 0.417. The minimum absolute atomic E-state index is 0.0743. The van der Waals surface area contributed by atoms with Crippen molar-refractivity contribution in [1.29, 1.82) is 0 Å². The first-order chi connectivity index (χ1) is 8.88. The molecule has 0 heterocycles. The standard InChI is InChI=1S/C12H15ClN2O4/c1-3-4-5-14(2)11-9(12(16)17)6-8(15(18)19)7-10(11)13/h6-7H,3-5H2,1-2H3,(H,16,17). The number of carbonyl (C=O) groups is 1. The van der Waals surface area contributed by atoms with Crippen LogP contribution in [-0.2, 0) is 0 Å². The minimum atomic E-state index is -1.23. The summed E-state index contributed by atoms with van der Waals surface area (Å²) >= 11 is 5.99. The highest BCUT2D eigenvalue weighted by Crippen LogP contribution is 2.33. The van der Waals surface area contributed by atoms with Gasteiger partial charge >= 0.3 is 5.97 Å². The second kappa shape index (κ2) is 6.38. The van der Waals surface area contributed by atoms with Gasteiger partial charge in [-0.15, -0.1) is 0 Å². The Kier molecular flexibility index (Phi) is 5.11. The fourth-order valence-corrected chi connectivity index (χ4v) is 2.11. The zero-order valence-corrected chi connectivity index (χ0v) is 11.5. The highest BCUT2D eigenvalue weighted by Gasteiger charge is 2.22. The van der Waals surface area contributed by atoms with Gasteiger partial charge in [0.1, 0.15) is 0 Å². The normalized spacial score (nSPS) is 10.3. The monoisotopic (exact) mass is 286 g/mol. The lowest BCUT2D eigenvalue weighted by Crippen LogP contribution is -2.21. The van der Waals surface area contributed by atoms with Crippen molar-refractivity contribution >= 4 is 28.9 Å². The van der Waals surface area contributed by atoms with Gasteiger partial charge in [-0.3, -0.25) is 10.1 Å². The van der Waals surface area contributed by atoms with Crippen molar-refractivity contribution in [3.8, 4) is 0 Å². The van der Waals surface area contributed by atoms with Crippen molar-refractivity contribution in [1.82, 2.24) is 0 Å². The van der Waals surface area contributed by atoms with Gasteiger partial charge in [0, 0.05) is 25.7 Å². The predicted molar refractivity (Wildman–Crippen MR) is 73.2 cm³/mol. The molecule has 0 amide bonds. The molecular formula is C12H15ClN2O4. The van der Waals surface area contributed by atoms with Crippen LogP contribution in [0, 0.1) is 10.1 Å². The number of nitrogens with zero attached hydrogens (tertiary/aromatic N) is 2. The smallest absolute Gasteiger partial charge is 0.338 e. The molecule has 0 unspecified atom stereocenters. The van der Waals surface area contributed by atoms with Crippen molar-refractivity contribution in [2.45, 2.75) is 19.8 Å². The van der Waals surface area contributed by atoms with Crippen LogP contribution in [0.1, 0.15) is 30.1 Å². The summed E-state index contributed by atoms with van der Waals surface area (Å²) < 4.78 is 0. The van der Waals surface area contributed by atoms with Crippen LogP contribution in [0.25, 0.3) is 0 Å². The van der Waals surface area contributed by atoms with Gasteiger partial charge in [-0.1, -0.05) is 24.9 Å². The van der Waals surface area contributed by atoms with E-state index in [0.29, 0.717) is 12.2 Å². The van der Waals surface area contributed by atoms with Gasteiger partial charge in [-0.05, 0) is 6.42 Å². The molecule has 19 heavy (non-hydrogen) atoms. The number of benzene rings is 1. The number of unbranched alkanes of at least 4 members (excludes halogenated alkanes) is 1. The maximum atomic E-state index is 11.2. The second-order valence-electron chi connectivity index (χ2n) is 4.16. The van der Waals surface area contributed by atoms with Gasteiger partial charge in [0.05, 0.1) is 21.2 Å². The number of halogens is 1. The van der Waals surface area contributed by atoms with Crippen LogP contribution < -0.4 is 4.90 Å². The van der Waals surface area contributed by atoms with E-state index in [2.05, 4.69) is 0 Å². The molecule has 0 spiro atoms. The molecule has 1 aromatic carbocycles. The molecule has 0 saturated heterocycles. The third-order valence-electron chi connectivity index (χ3n) is 2.72. The number of carboxylic acids is 1. The Morgan fingerprint density at radius 2 is 2.16 bits per heavy atom. The number of anilines is 1. The number of nitro groups is 1. The third kappa shape index (κ3) is 3.57. The molecule has 0 saturated carbocycles. The third-order valence-corrected chi connectivity index (χ3v) is 3.01. The summed E-state index contributed by atoms with van der Waals surface area (Å²) in [6, 6.07) is 2.21. The molecule has 1 aromatic rings. The summed E-state index contributed by atoms with van der Waals surface area (Å²) in [5.41, 5.74) is -0.166. The van der Waals surface area contributed by atoms with Crippen LogP contribution in [0.15, 0.2) is 12.1 Å².